The van der Waals surface area contributed by atoms with Crippen molar-refractivity contribution in [2.24, 2.45) is 17.3 Å². The molecule has 1 spiro atoms. The number of alkyl halides is 1. The number of allylic oxidation sites excluding steroid dienone is 1. The van der Waals surface area contributed by atoms with E-state index in [0.717, 1.165) is 5.56 Å². The number of aliphatic hydroxyl groups excluding tert-OH is 1. The quantitative estimate of drug-likeness (QED) is 0.144. The smallest absolute Gasteiger partial charge is 0.312 e. The Kier molecular flexibility index (Phi) is 12.2. The zero-order chi connectivity index (χ0) is 36.3. The van der Waals surface area contributed by atoms with Crippen LogP contribution in [0.25, 0.3) is 0 Å². The monoisotopic (exact) mass is 743 g/mol. The summed E-state index contributed by atoms with van der Waals surface area (Å²) in [6, 6.07) is 7.66. The van der Waals surface area contributed by atoms with Crippen LogP contribution >= 0.6 is 15.9 Å². The van der Waals surface area contributed by atoms with Crippen LogP contribution in [0.2, 0.25) is 0 Å². The van der Waals surface area contributed by atoms with E-state index in [1.54, 1.807) is 24.0 Å². The van der Waals surface area contributed by atoms with Gasteiger partial charge in [-0.2, -0.15) is 0 Å². The van der Waals surface area contributed by atoms with Gasteiger partial charge in [0.15, 0.2) is 0 Å². The second-order valence-electron chi connectivity index (χ2n) is 15.6. The van der Waals surface area contributed by atoms with Crippen molar-refractivity contribution in [3.05, 3.63) is 61.2 Å². The number of hydrogen-bond acceptors (Lipinski definition) is 7. The number of aliphatic hydroxyl groups is 1. The Morgan fingerprint density at radius 1 is 1.18 bits per heavy atom. The summed E-state index contributed by atoms with van der Waals surface area (Å²) in [5.41, 5.74) is -1.18. The molecule has 1 aromatic rings. The molecule has 11 heteroatoms. The zero-order valence-corrected chi connectivity index (χ0v) is 31.4. The van der Waals surface area contributed by atoms with Crippen molar-refractivity contribution in [3.63, 3.8) is 0 Å². The highest BCUT2D eigenvalue weighted by Gasteiger charge is 2.77. The lowest BCUT2D eigenvalue weighted by Crippen LogP contribution is -2.63. The van der Waals surface area contributed by atoms with Crippen molar-refractivity contribution in [2.45, 2.75) is 114 Å². The van der Waals surface area contributed by atoms with E-state index in [0.29, 0.717) is 25.7 Å². The van der Waals surface area contributed by atoms with Crippen LogP contribution < -0.4 is 5.32 Å². The molecule has 0 radical (unpaired) electrons. The van der Waals surface area contributed by atoms with Gasteiger partial charge in [0.2, 0.25) is 17.7 Å². The molecule has 3 aliphatic heterocycles. The minimum atomic E-state index is -1.33. The average molecular weight is 745 g/mol. The Morgan fingerprint density at radius 3 is 2.45 bits per heavy atom. The molecule has 8 atom stereocenters. The third-order valence-corrected chi connectivity index (χ3v) is 10.7. The molecule has 3 amide bonds. The fourth-order valence-electron chi connectivity index (χ4n) is 8.35. The van der Waals surface area contributed by atoms with Crippen LogP contribution in [0.3, 0.4) is 0 Å². The number of amides is 3. The predicted molar refractivity (Wildman–Crippen MR) is 192 cm³/mol. The van der Waals surface area contributed by atoms with Crippen LogP contribution in [0.5, 0.6) is 0 Å². The Balaban J connectivity index is 1.74. The zero-order valence-electron chi connectivity index (χ0n) is 29.8. The number of likely N-dealkylation sites (tertiary alicyclic amines) is 1. The highest BCUT2D eigenvalue weighted by atomic mass is 79.9. The fraction of sp³-hybridized carbons (Fsp3) is 0.632. The van der Waals surface area contributed by atoms with Crippen LogP contribution in [0.1, 0.15) is 72.8 Å². The van der Waals surface area contributed by atoms with Gasteiger partial charge in [0.25, 0.3) is 0 Å². The summed E-state index contributed by atoms with van der Waals surface area (Å²) in [5, 5.41) is 13.6. The molecule has 4 rings (SSSR count). The molecule has 0 aromatic heterocycles. The molecule has 2 bridgehead atoms. The van der Waals surface area contributed by atoms with E-state index in [9.17, 15) is 19.5 Å². The highest BCUT2D eigenvalue weighted by Crippen LogP contribution is 2.61. The van der Waals surface area contributed by atoms with Crippen LogP contribution in [0, 0.1) is 17.3 Å². The van der Waals surface area contributed by atoms with Gasteiger partial charge < -0.3 is 29.7 Å². The maximum atomic E-state index is 15.2. The highest BCUT2D eigenvalue weighted by molar-refractivity contribution is 9.09. The molecule has 0 aliphatic carbocycles. The lowest BCUT2D eigenvalue weighted by Gasteiger charge is -2.46. The van der Waals surface area contributed by atoms with Gasteiger partial charge in [-0.1, -0.05) is 79.2 Å². The number of carbonyl (C=O) groups is 4. The number of benzene rings is 1. The summed E-state index contributed by atoms with van der Waals surface area (Å²) in [4.78, 5) is 59.1. The van der Waals surface area contributed by atoms with Crippen LogP contribution in [0.4, 0.5) is 0 Å². The molecule has 1 unspecified atom stereocenters. The molecule has 3 heterocycles. The molecule has 49 heavy (non-hydrogen) atoms. The third kappa shape index (κ3) is 8.15. The van der Waals surface area contributed by atoms with Crippen LogP contribution in [-0.2, 0) is 35.1 Å². The number of carbonyl (C=O) groups excluding carboxylic acids is 4. The summed E-state index contributed by atoms with van der Waals surface area (Å²) in [6.07, 6.45) is 4.09. The van der Waals surface area contributed by atoms with Crippen molar-refractivity contribution < 1.29 is 33.8 Å². The van der Waals surface area contributed by atoms with Gasteiger partial charge in [-0.05, 0) is 57.4 Å². The number of halogens is 1. The summed E-state index contributed by atoms with van der Waals surface area (Å²) in [5.74, 6) is -3.49. The topological polar surface area (TPSA) is 125 Å². The summed E-state index contributed by atoms with van der Waals surface area (Å²) >= 11 is 3.73. The number of esters is 1. The number of hydrogen-bond donors (Lipinski definition) is 2. The Labute approximate surface area is 299 Å². The largest absolute Gasteiger partial charge is 0.460 e. The van der Waals surface area contributed by atoms with Gasteiger partial charge in [0.05, 0.1) is 37.1 Å². The van der Waals surface area contributed by atoms with E-state index in [-0.39, 0.29) is 48.2 Å². The molecule has 10 nitrogen and oxygen atoms in total. The number of rotatable bonds is 16. The first-order chi connectivity index (χ1) is 23.0. The van der Waals surface area contributed by atoms with Crippen molar-refractivity contribution >= 4 is 39.6 Å². The first kappa shape index (κ1) is 38.8. The first-order valence-electron chi connectivity index (χ1n) is 17.3. The minimum absolute atomic E-state index is 0.109. The maximum absolute atomic E-state index is 15.2. The molecule has 270 valence electrons. The second-order valence-corrected chi connectivity index (χ2v) is 16.8. The molecule has 0 saturated carbocycles. The SMILES string of the molecule is C=CCCC(=O)NC[C@@H](C)OC(=O)[C@H]1[C@@H]2O[C@@]3(CC2Br)[C@@H]1C(=O)N([C@@H](CO)Cc1ccccc1)[C@@H]3C(=O)N(CC=C)C(C)(C)CC(C)(C)C. The van der Waals surface area contributed by atoms with E-state index >= 15 is 4.79 Å². The van der Waals surface area contributed by atoms with Gasteiger partial charge in [-0.25, -0.2) is 0 Å². The van der Waals surface area contributed by atoms with Gasteiger partial charge in [0.1, 0.15) is 17.7 Å². The molecule has 1 aromatic carbocycles. The Morgan fingerprint density at radius 2 is 1.86 bits per heavy atom. The van der Waals surface area contributed by atoms with E-state index in [4.69, 9.17) is 9.47 Å². The molecule has 3 saturated heterocycles. The van der Waals surface area contributed by atoms with E-state index in [2.05, 4.69) is 55.2 Å². The number of ether oxygens (including phenoxy) is 2. The van der Waals surface area contributed by atoms with E-state index in [1.807, 2.05) is 44.2 Å². The number of nitrogens with zero attached hydrogens (tertiary/aromatic N) is 2. The molecular weight excluding hydrogens is 690 g/mol. The van der Waals surface area contributed by atoms with E-state index in [1.165, 1.54) is 4.90 Å². The lowest BCUT2D eigenvalue weighted by atomic mass is 9.70. The van der Waals surface area contributed by atoms with Crippen molar-refractivity contribution in [1.29, 1.82) is 0 Å². The maximum Gasteiger partial charge on any atom is 0.312 e. The van der Waals surface area contributed by atoms with Gasteiger partial charge in [-0.15, -0.1) is 13.2 Å². The van der Waals surface area contributed by atoms with Gasteiger partial charge >= 0.3 is 5.97 Å². The number of nitrogens with one attached hydrogen (secondary N) is 1. The summed E-state index contributed by atoms with van der Waals surface area (Å²) in [6.45, 7) is 19.6. The van der Waals surface area contributed by atoms with Gasteiger partial charge in [-0.3, -0.25) is 19.2 Å². The fourth-order valence-corrected chi connectivity index (χ4v) is 9.29. The van der Waals surface area contributed by atoms with Crippen molar-refractivity contribution in [3.8, 4) is 0 Å². The molecule has 3 aliphatic rings. The Bertz CT molecular complexity index is 1400. The molecule has 3 fully saturated rings. The average Bonchev–Trinajstić information content (AvgIpc) is 3.62. The van der Waals surface area contributed by atoms with Crippen LogP contribution in [0.15, 0.2) is 55.6 Å². The first-order valence-corrected chi connectivity index (χ1v) is 18.2. The second kappa shape index (κ2) is 15.5. The van der Waals surface area contributed by atoms with Crippen molar-refractivity contribution in [1.82, 2.24) is 15.1 Å². The molecular formula is C38H54BrN3O7. The van der Waals surface area contributed by atoms with Crippen LogP contribution in [-0.4, -0.2) is 98.6 Å². The molecule has 2 N–H and O–H groups in total. The summed E-state index contributed by atoms with van der Waals surface area (Å²) in [7, 11) is 0. The third-order valence-electron chi connectivity index (χ3n) is 9.90. The number of fused-ring (bicyclic) bond motifs is 1. The predicted octanol–water partition coefficient (Wildman–Crippen LogP) is 4.58. The Hall–Kier alpha value is -3.02. The standard InChI is InChI=1S/C38H54BrN3O7/c1-9-11-17-28(44)40-21-24(3)48-35(47)29-30-33(45)42(26(22-43)19-25-15-13-12-14-16-25)32(38(30)20-27(39)31(29)49-38)34(46)41(18-10-2)37(7,8)23-36(4,5)6/h9-10,12-16,24,26-27,29-32,43H,1-2,11,17-23H2,3-8H3,(H,40,44)/t24-,26-,27?,29-,30+,31-,32-,38+/m1/s1. The lowest BCUT2D eigenvalue weighted by molar-refractivity contribution is -0.160. The van der Waals surface area contributed by atoms with E-state index < -0.39 is 59.1 Å². The van der Waals surface area contributed by atoms with Gasteiger partial charge in [0, 0.05) is 23.3 Å². The minimum Gasteiger partial charge on any atom is -0.460 e. The normalized spacial score (nSPS) is 27.3. The van der Waals surface area contributed by atoms with Crippen molar-refractivity contribution in [2.75, 3.05) is 19.7 Å². The summed E-state index contributed by atoms with van der Waals surface area (Å²) < 4.78 is 12.6.